The Kier molecular flexibility index (Phi) is 4.75. The summed E-state index contributed by atoms with van der Waals surface area (Å²) in [4.78, 5) is 18.0. The third-order valence-electron chi connectivity index (χ3n) is 5.36. The number of benzene rings is 3. The van der Waals surface area contributed by atoms with Crippen molar-refractivity contribution in [2.75, 3.05) is 11.9 Å². The maximum absolute atomic E-state index is 14.3. The number of aromatic nitrogens is 2. The Hall–Kier alpha value is -3.93. The zero-order chi connectivity index (χ0) is 21.4. The Morgan fingerprint density at radius 3 is 2.61 bits per heavy atom. The van der Waals surface area contributed by atoms with Gasteiger partial charge in [-0.2, -0.15) is 0 Å². The van der Waals surface area contributed by atoms with Crippen LogP contribution in [0.2, 0.25) is 0 Å². The van der Waals surface area contributed by atoms with Crippen molar-refractivity contribution in [2.45, 2.75) is 13.0 Å². The summed E-state index contributed by atoms with van der Waals surface area (Å²) in [5, 5.41) is 3.34. The van der Waals surface area contributed by atoms with Gasteiger partial charge in [0.15, 0.2) is 0 Å². The Morgan fingerprint density at radius 1 is 1.06 bits per heavy atom. The molecule has 0 aliphatic carbocycles. The molecule has 1 N–H and O–H groups in total. The van der Waals surface area contributed by atoms with Gasteiger partial charge in [-0.25, -0.2) is 14.2 Å². The minimum absolute atomic E-state index is 0.234. The maximum Gasteiger partial charge on any atom is 0.338 e. The molecular weight excluding hydrogens is 393 g/mol. The number of nitrogens with zero attached hydrogens (tertiary/aromatic N) is 2. The van der Waals surface area contributed by atoms with Crippen molar-refractivity contribution in [3.8, 4) is 0 Å². The largest absolute Gasteiger partial charge is 0.463 e. The van der Waals surface area contributed by atoms with Crippen molar-refractivity contribution in [3.63, 3.8) is 0 Å². The van der Waals surface area contributed by atoms with E-state index in [1.54, 1.807) is 13.0 Å². The normalized spacial score (nSPS) is 15.5. The molecule has 0 saturated carbocycles. The smallest absolute Gasteiger partial charge is 0.338 e. The van der Waals surface area contributed by atoms with Crippen molar-refractivity contribution in [1.82, 2.24) is 9.55 Å². The van der Waals surface area contributed by atoms with Gasteiger partial charge in [-0.1, -0.05) is 54.6 Å². The number of rotatable bonds is 4. The molecule has 1 aliphatic rings. The first-order valence-electron chi connectivity index (χ1n) is 10.1. The lowest BCUT2D eigenvalue weighted by atomic mass is 9.92. The van der Waals surface area contributed by atoms with Gasteiger partial charge >= 0.3 is 5.97 Å². The third-order valence-corrected chi connectivity index (χ3v) is 5.36. The van der Waals surface area contributed by atoms with Crippen LogP contribution in [0.3, 0.4) is 0 Å². The summed E-state index contributed by atoms with van der Waals surface area (Å²) in [7, 11) is 0. The number of anilines is 1. The molecule has 1 atom stereocenters. The summed E-state index contributed by atoms with van der Waals surface area (Å²) in [6.07, 6.45) is 0. The zero-order valence-corrected chi connectivity index (χ0v) is 16.9. The molecule has 0 radical (unpaired) electrons. The molecule has 0 spiro atoms. The van der Waals surface area contributed by atoms with Gasteiger partial charge in [0.25, 0.3) is 0 Å². The molecular formula is C25H20FN3O2. The second kappa shape index (κ2) is 7.72. The van der Waals surface area contributed by atoms with Crippen molar-refractivity contribution in [1.29, 1.82) is 0 Å². The standard InChI is InChI=1S/C25H20FN3O2/c1-2-31-24(30)21-22(16-9-4-3-5-10-16)28-25-27-19-13-6-7-14-20(19)29(25)23(21)17-11-8-12-18(26)15-17/h3-15,23H,2H2,1H3,(H,27,28)/t23-/m1/s1. The molecule has 0 bridgehead atoms. The Labute approximate surface area is 178 Å². The zero-order valence-electron chi connectivity index (χ0n) is 16.9. The summed E-state index contributed by atoms with van der Waals surface area (Å²) in [6.45, 7) is 2.00. The first kappa shape index (κ1) is 19.1. The number of fused-ring (bicyclic) bond motifs is 3. The SMILES string of the molecule is CCOC(=O)C1=C(c2ccccc2)Nc2nc3ccccc3n2[C@@H]1c1cccc(F)c1. The van der Waals surface area contributed by atoms with Crippen molar-refractivity contribution >= 4 is 28.6 Å². The van der Waals surface area contributed by atoms with E-state index in [4.69, 9.17) is 9.72 Å². The van der Waals surface area contributed by atoms with Gasteiger partial charge in [0, 0.05) is 0 Å². The van der Waals surface area contributed by atoms with E-state index in [9.17, 15) is 9.18 Å². The summed E-state index contributed by atoms with van der Waals surface area (Å²) < 4.78 is 21.6. The van der Waals surface area contributed by atoms with E-state index in [0.29, 0.717) is 22.8 Å². The van der Waals surface area contributed by atoms with E-state index in [-0.39, 0.29) is 12.4 Å². The molecule has 5 nitrogen and oxygen atoms in total. The molecule has 0 amide bonds. The molecule has 5 rings (SSSR count). The first-order chi connectivity index (χ1) is 15.2. The van der Waals surface area contributed by atoms with E-state index < -0.39 is 12.0 Å². The van der Waals surface area contributed by atoms with Crippen molar-refractivity contribution in [2.24, 2.45) is 0 Å². The lowest BCUT2D eigenvalue weighted by Crippen LogP contribution is -2.29. The van der Waals surface area contributed by atoms with E-state index in [1.165, 1.54) is 12.1 Å². The molecule has 2 heterocycles. The molecule has 0 fully saturated rings. The van der Waals surface area contributed by atoms with Crippen LogP contribution >= 0.6 is 0 Å². The van der Waals surface area contributed by atoms with Crippen LogP contribution < -0.4 is 5.32 Å². The fourth-order valence-corrected chi connectivity index (χ4v) is 4.09. The van der Waals surface area contributed by atoms with Crippen LogP contribution in [0.4, 0.5) is 10.3 Å². The van der Waals surface area contributed by atoms with Gasteiger partial charge in [0.1, 0.15) is 5.82 Å². The van der Waals surface area contributed by atoms with E-state index in [2.05, 4.69) is 5.32 Å². The van der Waals surface area contributed by atoms with E-state index >= 15 is 0 Å². The molecule has 4 aromatic rings. The van der Waals surface area contributed by atoms with Gasteiger partial charge in [0.2, 0.25) is 5.95 Å². The highest BCUT2D eigenvalue weighted by Gasteiger charge is 2.36. The second-order valence-corrected chi connectivity index (χ2v) is 7.25. The average Bonchev–Trinajstić information content (AvgIpc) is 3.17. The quantitative estimate of drug-likeness (QED) is 0.469. The minimum atomic E-state index is -0.603. The van der Waals surface area contributed by atoms with Gasteiger partial charge in [0.05, 0.1) is 35.0 Å². The number of hydrogen-bond acceptors (Lipinski definition) is 4. The third kappa shape index (κ3) is 3.26. The van der Waals surface area contributed by atoms with E-state index in [0.717, 1.165) is 16.6 Å². The molecule has 6 heteroatoms. The Bertz CT molecular complexity index is 1310. The van der Waals surface area contributed by atoms with Crippen LogP contribution in [0.15, 0.2) is 84.4 Å². The molecule has 1 aliphatic heterocycles. The monoisotopic (exact) mass is 413 g/mol. The first-order valence-corrected chi connectivity index (χ1v) is 10.1. The molecule has 154 valence electrons. The Balaban J connectivity index is 1.84. The van der Waals surface area contributed by atoms with Gasteiger partial charge in [-0.15, -0.1) is 0 Å². The van der Waals surface area contributed by atoms with Crippen molar-refractivity contribution in [3.05, 3.63) is 101 Å². The van der Waals surface area contributed by atoms with Crippen LogP contribution in [-0.4, -0.2) is 22.1 Å². The number of ether oxygens (including phenoxy) is 1. The molecule has 1 aromatic heterocycles. The van der Waals surface area contributed by atoms with Gasteiger partial charge < -0.3 is 10.1 Å². The summed E-state index contributed by atoms with van der Waals surface area (Å²) >= 11 is 0. The van der Waals surface area contributed by atoms with Gasteiger partial charge in [-0.3, -0.25) is 4.57 Å². The molecule has 3 aromatic carbocycles. The molecule has 0 saturated heterocycles. The number of nitrogens with one attached hydrogen (secondary N) is 1. The van der Waals surface area contributed by atoms with Crippen molar-refractivity contribution < 1.29 is 13.9 Å². The lowest BCUT2D eigenvalue weighted by Gasteiger charge is -2.31. The molecule has 31 heavy (non-hydrogen) atoms. The summed E-state index contributed by atoms with van der Waals surface area (Å²) in [5.41, 5.74) is 4.11. The maximum atomic E-state index is 14.3. The number of halogens is 1. The summed E-state index contributed by atoms with van der Waals surface area (Å²) in [5.74, 6) is -0.236. The number of esters is 1. The average molecular weight is 413 g/mol. The number of hydrogen-bond donors (Lipinski definition) is 1. The molecule has 0 unspecified atom stereocenters. The fourth-order valence-electron chi connectivity index (χ4n) is 4.09. The minimum Gasteiger partial charge on any atom is -0.463 e. The van der Waals surface area contributed by atoms with Crippen LogP contribution in [0.1, 0.15) is 24.1 Å². The van der Waals surface area contributed by atoms with Crippen LogP contribution in [-0.2, 0) is 9.53 Å². The van der Waals surface area contributed by atoms with Crippen LogP contribution in [0.25, 0.3) is 16.7 Å². The summed E-state index contributed by atoms with van der Waals surface area (Å²) in [6, 6.07) is 23.0. The highest BCUT2D eigenvalue weighted by molar-refractivity contribution is 6.03. The second-order valence-electron chi connectivity index (χ2n) is 7.25. The number of imidazole rings is 1. The number of para-hydroxylation sites is 2. The fraction of sp³-hybridized carbons (Fsp3) is 0.120. The van der Waals surface area contributed by atoms with Gasteiger partial charge in [-0.05, 0) is 42.3 Å². The van der Waals surface area contributed by atoms with E-state index in [1.807, 2.05) is 65.2 Å². The van der Waals surface area contributed by atoms with Crippen LogP contribution in [0, 0.1) is 5.82 Å². The highest BCUT2D eigenvalue weighted by atomic mass is 19.1. The predicted molar refractivity (Wildman–Crippen MR) is 118 cm³/mol. The highest BCUT2D eigenvalue weighted by Crippen LogP contribution is 2.42. The lowest BCUT2D eigenvalue weighted by molar-refractivity contribution is -0.138. The topological polar surface area (TPSA) is 56.1 Å². The Morgan fingerprint density at radius 2 is 1.84 bits per heavy atom. The number of carbonyl (C=O) groups is 1. The number of carbonyl (C=O) groups excluding carboxylic acids is 1. The predicted octanol–water partition coefficient (Wildman–Crippen LogP) is 5.16. The van der Waals surface area contributed by atoms with Crippen LogP contribution in [0.5, 0.6) is 0 Å².